The third kappa shape index (κ3) is 4.04. The average Bonchev–Trinajstić information content (AvgIpc) is 2.92. The van der Waals surface area contributed by atoms with Crippen molar-refractivity contribution < 1.29 is 19.1 Å². The van der Waals surface area contributed by atoms with Crippen LogP contribution in [0.15, 0.2) is 90.3 Å². The van der Waals surface area contributed by atoms with E-state index in [0.717, 1.165) is 45.4 Å². The van der Waals surface area contributed by atoms with Crippen LogP contribution in [-0.4, -0.2) is 23.8 Å². The molecule has 184 valence electrons. The molecule has 0 amide bonds. The predicted octanol–water partition coefficient (Wildman–Crippen LogP) is 6.13. The van der Waals surface area contributed by atoms with Gasteiger partial charge in [-0.2, -0.15) is 0 Å². The Morgan fingerprint density at radius 1 is 0.946 bits per heavy atom. The normalized spacial score (nSPS) is 18.6. The fourth-order valence-electron chi connectivity index (χ4n) is 5.68. The molecule has 1 N–H and O–H groups in total. The van der Waals surface area contributed by atoms with E-state index in [2.05, 4.69) is 22.4 Å². The number of ether oxygens (including phenoxy) is 2. The van der Waals surface area contributed by atoms with Crippen molar-refractivity contribution in [3.05, 3.63) is 107 Å². The number of benzene rings is 3. The van der Waals surface area contributed by atoms with Gasteiger partial charge in [-0.3, -0.25) is 14.6 Å². The Hall–Kier alpha value is -4.45. The molecule has 0 radical (unpaired) electrons. The molecule has 0 spiro atoms. The van der Waals surface area contributed by atoms with E-state index in [4.69, 9.17) is 9.47 Å². The molecule has 4 aromatic rings. The molecule has 0 fully saturated rings. The summed E-state index contributed by atoms with van der Waals surface area (Å²) in [6.07, 6.45) is 2.97. The number of esters is 1. The fraction of sp³-hybridized carbons (Fsp3) is 0.194. The summed E-state index contributed by atoms with van der Waals surface area (Å²) in [4.78, 5) is 30.1. The number of Topliss-reactive ketones (excluding diaryl/α,β-unsaturated/α-hetero) is 1. The van der Waals surface area contributed by atoms with Gasteiger partial charge in [0.1, 0.15) is 0 Å². The third-order valence-corrected chi connectivity index (χ3v) is 7.24. The molecule has 6 rings (SSSR count). The molecule has 1 aromatic heterocycles. The highest BCUT2D eigenvalue weighted by atomic mass is 16.6. The number of allylic oxidation sites excluding steroid dienone is 2. The minimum absolute atomic E-state index is 0.116. The van der Waals surface area contributed by atoms with E-state index in [0.29, 0.717) is 17.9 Å². The van der Waals surface area contributed by atoms with Crippen LogP contribution in [0, 0.1) is 0 Å². The molecule has 37 heavy (non-hydrogen) atoms. The Morgan fingerprint density at radius 2 is 1.78 bits per heavy atom. The van der Waals surface area contributed by atoms with Crippen LogP contribution in [0.1, 0.15) is 48.3 Å². The van der Waals surface area contributed by atoms with E-state index in [1.165, 1.54) is 12.5 Å². The summed E-state index contributed by atoms with van der Waals surface area (Å²) in [7, 11) is 1.54. The van der Waals surface area contributed by atoms with Crippen LogP contribution in [0.3, 0.4) is 0 Å². The highest BCUT2D eigenvalue weighted by Gasteiger charge is 2.39. The number of rotatable bonds is 4. The largest absolute Gasteiger partial charge is 0.493 e. The lowest BCUT2D eigenvalue weighted by Gasteiger charge is -2.37. The molecule has 2 aliphatic rings. The number of pyridine rings is 1. The first-order chi connectivity index (χ1) is 18.0. The quantitative estimate of drug-likeness (QED) is 0.274. The first-order valence-electron chi connectivity index (χ1n) is 12.4. The molecule has 0 bridgehead atoms. The standard InChI is InChI=1S/C31H26N2O4/c1-18(34)37-27-13-10-20(17-28(27)36-2)29-30-22-9-6-14-32-23(22)11-12-24(30)33-25-15-21(16-26(35)31(25)29)19-7-4-3-5-8-19/h3-14,17,21,29,33H,15-16H2,1-2H3. The number of ketones is 1. The minimum atomic E-state index is -0.422. The lowest BCUT2D eigenvalue weighted by molar-refractivity contribution is -0.132. The molecular formula is C31H26N2O4. The van der Waals surface area contributed by atoms with Gasteiger partial charge in [-0.15, -0.1) is 0 Å². The number of aromatic nitrogens is 1. The van der Waals surface area contributed by atoms with Crippen LogP contribution < -0.4 is 14.8 Å². The molecular weight excluding hydrogens is 464 g/mol. The number of fused-ring (bicyclic) bond motifs is 3. The Morgan fingerprint density at radius 3 is 2.57 bits per heavy atom. The van der Waals surface area contributed by atoms with Gasteiger partial charge in [-0.25, -0.2) is 0 Å². The monoisotopic (exact) mass is 490 g/mol. The summed E-state index contributed by atoms with van der Waals surface area (Å²) in [5, 5.41) is 4.61. The van der Waals surface area contributed by atoms with E-state index in [1.807, 2.05) is 54.6 Å². The van der Waals surface area contributed by atoms with Crippen molar-refractivity contribution in [2.24, 2.45) is 0 Å². The average molecular weight is 491 g/mol. The second kappa shape index (κ2) is 9.21. The van der Waals surface area contributed by atoms with Crippen LogP contribution in [0.5, 0.6) is 11.5 Å². The smallest absolute Gasteiger partial charge is 0.308 e. The SMILES string of the molecule is COc1cc(C2C3=C(CC(c4ccccc4)CC3=O)Nc3ccc4ncccc4c32)ccc1OC(C)=O. The van der Waals surface area contributed by atoms with Crippen molar-refractivity contribution in [3.8, 4) is 11.5 Å². The van der Waals surface area contributed by atoms with E-state index in [-0.39, 0.29) is 17.6 Å². The zero-order chi connectivity index (χ0) is 25.5. The second-order valence-corrected chi connectivity index (χ2v) is 9.49. The van der Waals surface area contributed by atoms with Crippen LogP contribution in [0.2, 0.25) is 0 Å². The first-order valence-corrected chi connectivity index (χ1v) is 12.4. The lowest BCUT2D eigenvalue weighted by Crippen LogP contribution is -2.30. The first kappa shape index (κ1) is 23.0. The van der Waals surface area contributed by atoms with Gasteiger partial charge < -0.3 is 14.8 Å². The topological polar surface area (TPSA) is 77.5 Å². The number of hydrogen-bond donors (Lipinski definition) is 1. The Kier molecular flexibility index (Phi) is 5.72. The molecule has 3 aromatic carbocycles. The van der Waals surface area contributed by atoms with Gasteiger partial charge in [0.05, 0.1) is 12.6 Å². The molecule has 2 unspecified atom stereocenters. The maximum Gasteiger partial charge on any atom is 0.308 e. The van der Waals surface area contributed by atoms with Crippen molar-refractivity contribution in [3.63, 3.8) is 0 Å². The second-order valence-electron chi connectivity index (χ2n) is 9.49. The van der Waals surface area contributed by atoms with Gasteiger partial charge in [-0.1, -0.05) is 42.5 Å². The summed E-state index contributed by atoms with van der Waals surface area (Å²) in [5.74, 6) is 0.297. The van der Waals surface area contributed by atoms with Crippen LogP contribution in [-0.2, 0) is 9.59 Å². The van der Waals surface area contributed by atoms with Crippen LogP contribution in [0.25, 0.3) is 10.9 Å². The third-order valence-electron chi connectivity index (χ3n) is 7.24. The van der Waals surface area contributed by atoms with Crippen molar-refractivity contribution >= 4 is 28.3 Å². The van der Waals surface area contributed by atoms with Crippen LogP contribution in [0.4, 0.5) is 5.69 Å². The highest BCUT2D eigenvalue weighted by Crippen LogP contribution is 2.50. The van der Waals surface area contributed by atoms with Gasteiger partial charge in [-0.05, 0) is 59.4 Å². The Bertz CT molecular complexity index is 1580. The number of anilines is 1. The van der Waals surface area contributed by atoms with E-state index < -0.39 is 5.97 Å². The zero-order valence-electron chi connectivity index (χ0n) is 20.7. The molecule has 2 heterocycles. The predicted molar refractivity (Wildman–Crippen MR) is 142 cm³/mol. The number of nitrogens with zero attached hydrogens (tertiary/aromatic N) is 1. The molecule has 2 atom stereocenters. The fourth-order valence-corrected chi connectivity index (χ4v) is 5.68. The van der Waals surface area contributed by atoms with Crippen molar-refractivity contribution in [1.29, 1.82) is 0 Å². The maximum absolute atomic E-state index is 13.9. The molecule has 0 saturated carbocycles. The number of carbonyl (C=O) groups excluding carboxylic acids is 2. The summed E-state index contributed by atoms with van der Waals surface area (Å²) in [5.41, 5.74) is 6.64. The molecule has 1 aliphatic heterocycles. The van der Waals surface area contributed by atoms with Crippen molar-refractivity contribution in [2.75, 3.05) is 12.4 Å². The summed E-state index contributed by atoms with van der Waals surface area (Å²) < 4.78 is 10.9. The van der Waals surface area contributed by atoms with Crippen molar-refractivity contribution in [1.82, 2.24) is 4.98 Å². The summed E-state index contributed by atoms with van der Waals surface area (Å²) in [6, 6.07) is 23.8. The van der Waals surface area contributed by atoms with Crippen LogP contribution >= 0.6 is 0 Å². The van der Waals surface area contributed by atoms with Gasteiger partial charge >= 0.3 is 5.97 Å². The minimum Gasteiger partial charge on any atom is -0.493 e. The number of methoxy groups -OCH3 is 1. The van der Waals surface area contributed by atoms with Gasteiger partial charge in [0, 0.05) is 47.8 Å². The highest BCUT2D eigenvalue weighted by molar-refractivity contribution is 6.04. The number of nitrogens with one attached hydrogen (secondary N) is 1. The molecule has 0 saturated heterocycles. The number of hydrogen-bond acceptors (Lipinski definition) is 6. The van der Waals surface area contributed by atoms with Crippen molar-refractivity contribution in [2.45, 2.75) is 31.6 Å². The lowest BCUT2D eigenvalue weighted by atomic mass is 9.71. The molecule has 6 heteroatoms. The Balaban J connectivity index is 1.54. The zero-order valence-corrected chi connectivity index (χ0v) is 20.7. The van der Waals surface area contributed by atoms with E-state index in [9.17, 15) is 9.59 Å². The molecule has 1 aliphatic carbocycles. The number of carbonyl (C=O) groups is 2. The summed E-state index contributed by atoms with van der Waals surface area (Å²) >= 11 is 0. The summed E-state index contributed by atoms with van der Waals surface area (Å²) in [6.45, 7) is 1.36. The van der Waals surface area contributed by atoms with Gasteiger partial charge in [0.2, 0.25) is 0 Å². The van der Waals surface area contributed by atoms with E-state index in [1.54, 1.807) is 19.4 Å². The molecule has 6 nitrogen and oxygen atoms in total. The van der Waals surface area contributed by atoms with Gasteiger partial charge in [0.15, 0.2) is 17.3 Å². The van der Waals surface area contributed by atoms with Gasteiger partial charge in [0.25, 0.3) is 0 Å². The van der Waals surface area contributed by atoms with E-state index >= 15 is 0 Å². The maximum atomic E-state index is 13.9. The Labute approximate surface area is 214 Å².